The molecule has 1 N–H and O–H groups in total. The van der Waals surface area contributed by atoms with Gasteiger partial charge in [0.15, 0.2) is 5.65 Å². The Hall–Kier alpha value is -2.97. The number of aromatic nitrogens is 4. The van der Waals surface area contributed by atoms with Crippen LogP contribution >= 0.6 is 0 Å². The predicted octanol–water partition coefficient (Wildman–Crippen LogP) is 3.17. The number of fused-ring (bicyclic) bond motifs is 1. The van der Waals surface area contributed by atoms with Gasteiger partial charge in [-0.05, 0) is 31.5 Å². The minimum absolute atomic E-state index is 0.0125. The number of alkyl halides is 3. The molecule has 1 atom stereocenters. The highest BCUT2D eigenvalue weighted by Crippen LogP contribution is 2.24. The van der Waals surface area contributed by atoms with Gasteiger partial charge in [-0.25, -0.2) is 9.50 Å². The lowest BCUT2D eigenvalue weighted by Crippen LogP contribution is -2.44. The molecule has 6 nitrogen and oxygen atoms in total. The van der Waals surface area contributed by atoms with Crippen molar-refractivity contribution in [3.8, 4) is 11.3 Å². The van der Waals surface area contributed by atoms with Crippen LogP contribution in [0, 0.1) is 6.92 Å². The summed E-state index contributed by atoms with van der Waals surface area (Å²) in [6.07, 6.45) is -0.319. The Morgan fingerprint density at radius 3 is 2.73 bits per heavy atom. The van der Waals surface area contributed by atoms with Crippen LogP contribution in [0.15, 0.2) is 36.8 Å². The number of amides is 1. The average molecular weight is 363 g/mol. The molecular formula is C17H16F3N5O. The van der Waals surface area contributed by atoms with Gasteiger partial charge in [0.1, 0.15) is 11.6 Å². The summed E-state index contributed by atoms with van der Waals surface area (Å²) in [7, 11) is 0. The molecule has 0 radical (unpaired) electrons. The summed E-state index contributed by atoms with van der Waals surface area (Å²) in [5.41, 5.74) is 2.16. The molecule has 3 heterocycles. The molecule has 0 saturated heterocycles. The first-order chi connectivity index (χ1) is 12.3. The zero-order valence-corrected chi connectivity index (χ0v) is 14.1. The predicted molar refractivity (Wildman–Crippen MR) is 88.6 cm³/mol. The number of halogens is 3. The van der Waals surface area contributed by atoms with E-state index in [2.05, 4.69) is 15.1 Å². The third-order valence-electron chi connectivity index (χ3n) is 3.96. The number of carbonyl (C=O) groups excluding carboxylic acids is 1. The van der Waals surface area contributed by atoms with E-state index in [0.717, 1.165) is 5.56 Å². The van der Waals surface area contributed by atoms with E-state index in [9.17, 15) is 18.0 Å². The van der Waals surface area contributed by atoms with Crippen molar-refractivity contribution < 1.29 is 18.0 Å². The van der Waals surface area contributed by atoms with Crippen molar-refractivity contribution in [1.29, 1.82) is 0 Å². The summed E-state index contributed by atoms with van der Waals surface area (Å²) < 4.78 is 40.2. The lowest BCUT2D eigenvalue weighted by Gasteiger charge is -2.19. The smallest absolute Gasteiger partial charge is 0.340 e. The second kappa shape index (κ2) is 6.74. The van der Waals surface area contributed by atoms with Crippen molar-refractivity contribution in [2.45, 2.75) is 32.5 Å². The van der Waals surface area contributed by atoms with Gasteiger partial charge in [-0.15, -0.1) is 0 Å². The molecule has 9 heteroatoms. The van der Waals surface area contributed by atoms with Crippen LogP contribution in [-0.4, -0.2) is 37.7 Å². The normalized spacial score (nSPS) is 13.0. The molecule has 0 spiro atoms. The minimum atomic E-state index is -4.52. The van der Waals surface area contributed by atoms with Crippen LogP contribution in [-0.2, 0) is 0 Å². The second-order valence-corrected chi connectivity index (χ2v) is 5.79. The molecule has 26 heavy (non-hydrogen) atoms. The SMILES string of the molecule is CCC(NC(=O)c1cnn2c(C)cc(-c3cccnc3)nc12)C(F)(F)F. The summed E-state index contributed by atoms with van der Waals surface area (Å²) >= 11 is 0. The minimum Gasteiger partial charge on any atom is -0.340 e. The number of carbonyl (C=O) groups is 1. The number of aryl methyl sites for hydroxylation is 1. The first-order valence-corrected chi connectivity index (χ1v) is 7.94. The van der Waals surface area contributed by atoms with Gasteiger partial charge in [-0.3, -0.25) is 9.78 Å². The van der Waals surface area contributed by atoms with Gasteiger partial charge in [0.2, 0.25) is 0 Å². The van der Waals surface area contributed by atoms with Gasteiger partial charge in [0.05, 0.1) is 11.9 Å². The van der Waals surface area contributed by atoms with Gasteiger partial charge in [0, 0.05) is 23.7 Å². The highest BCUT2D eigenvalue weighted by atomic mass is 19.4. The highest BCUT2D eigenvalue weighted by molar-refractivity contribution is 6.00. The fraction of sp³-hybridized carbons (Fsp3) is 0.294. The summed E-state index contributed by atoms with van der Waals surface area (Å²) in [6, 6.07) is 3.39. The van der Waals surface area contributed by atoms with Crippen molar-refractivity contribution in [2.24, 2.45) is 0 Å². The molecule has 1 unspecified atom stereocenters. The first kappa shape index (κ1) is 17.8. The van der Waals surface area contributed by atoms with Crippen LogP contribution in [0.2, 0.25) is 0 Å². The third-order valence-corrected chi connectivity index (χ3v) is 3.96. The Labute approximate surface area is 147 Å². The van der Waals surface area contributed by atoms with Gasteiger partial charge in [-0.2, -0.15) is 18.3 Å². The molecule has 1 amide bonds. The van der Waals surface area contributed by atoms with Crippen LogP contribution in [0.3, 0.4) is 0 Å². The summed E-state index contributed by atoms with van der Waals surface area (Å²) in [5.74, 6) is -0.862. The van der Waals surface area contributed by atoms with Crippen LogP contribution in [0.25, 0.3) is 16.9 Å². The summed E-state index contributed by atoms with van der Waals surface area (Å²) in [6.45, 7) is 3.13. The average Bonchev–Trinajstić information content (AvgIpc) is 3.04. The lowest BCUT2D eigenvalue weighted by atomic mass is 10.1. The standard InChI is InChI=1S/C17H16F3N5O/c1-3-14(17(18,19)20)24-16(26)12-9-22-25-10(2)7-13(23-15(12)25)11-5-4-6-21-8-11/h4-9,14H,3H2,1-2H3,(H,24,26). The molecule has 0 saturated carbocycles. The van der Waals surface area contributed by atoms with Crippen LogP contribution in [0.4, 0.5) is 13.2 Å². The van der Waals surface area contributed by atoms with Crippen LogP contribution < -0.4 is 5.32 Å². The Balaban J connectivity index is 2.02. The zero-order valence-electron chi connectivity index (χ0n) is 14.1. The maximum atomic E-state index is 12.9. The van der Waals surface area contributed by atoms with Gasteiger partial charge in [0.25, 0.3) is 5.91 Å². The molecule has 0 aromatic carbocycles. The van der Waals surface area contributed by atoms with E-state index in [1.54, 1.807) is 37.5 Å². The first-order valence-electron chi connectivity index (χ1n) is 7.94. The molecule has 0 aliphatic heterocycles. The van der Waals surface area contributed by atoms with E-state index < -0.39 is 18.1 Å². The molecule has 0 aliphatic carbocycles. The van der Waals surface area contributed by atoms with Crippen molar-refractivity contribution in [3.63, 3.8) is 0 Å². The Bertz CT molecular complexity index is 937. The maximum Gasteiger partial charge on any atom is 0.408 e. The maximum absolute atomic E-state index is 12.9. The topological polar surface area (TPSA) is 72.2 Å². The van der Waals surface area contributed by atoms with E-state index in [1.165, 1.54) is 17.6 Å². The number of hydrogen-bond donors (Lipinski definition) is 1. The van der Waals surface area contributed by atoms with Crippen LogP contribution in [0.5, 0.6) is 0 Å². The van der Waals surface area contributed by atoms with Gasteiger partial charge in [-0.1, -0.05) is 6.92 Å². The lowest BCUT2D eigenvalue weighted by molar-refractivity contribution is -0.153. The quantitative estimate of drug-likeness (QED) is 0.773. The Kier molecular flexibility index (Phi) is 4.62. The fourth-order valence-electron chi connectivity index (χ4n) is 2.59. The Morgan fingerprint density at radius 1 is 1.35 bits per heavy atom. The number of nitrogens with zero attached hydrogens (tertiary/aromatic N) is 4. The molecule has 136 valence electrons. The molecule has 3 rings (SSSR count). The van der Waals surface area contributed by atoms with E-state index in [1.807, 2.05) is 5.32 Å². The number of rotatable bonds is 4. The number of pyridine rings is 1. The van der Waals surface area contributed by atoms with E-state index in [4.69, 9.17) is 0 Å². The van der Waals surface area contributed by atoms with Gasteiger partial charge >= 0.3 is 6.18 Å². The zero-order chi connectivity index (χ0) is 18.9. The third kappa shape index (κ3) is 3.37. The van der Waals surface area contributed by atoms with Crippen molar-refractivity contribution in [2.75, 3.05) is 0 Å². The van der Waals surface area contributed by atoms with Crippen molar-refractivity contribution >= 4 is 11.6 Å². The largest absolute Gasteiger partial charge is 0.408 e. The van der Waals surface area contributed by atoms with Crippen molar-refractivity contribution in [1.82, 2.24) is 24.9 Å². The molecule has 0 aliphatic rings. The molecule has 0 fully saturated rings. The summed E-state index contributed by atoms with van der Waals surface area (Å²) in [5, 5.41) is 6.08. The number of hydrogen-bond acceptors (Lipinski definition) is 4. The second-order valence-electron chi connectivity index (χ2n) is 5.79. The van der Waals surface area contributed by atoms with Crippen molar-refractivity contribution in [3.05, 3.63) is 48.0 Å². The number of nitrogens with one attached hydrogen (secondary N) is 1. The Morgan fingerprint density at radius 2 is 2.12 bits per heavy atom. The summed E-state index contributed by atoms with van der Waals surface area (Å²) in [4.78, 5) is 20.8. The molecule has 3 aromatic heterocycles. The van der Waals surface area contributed by atoms with E-state index in [0.29, 0.717) is 11.4 Å². The van der Waals surface area contributed by atoms with Crippen LogP contribution in [0.1, 0.15) is 29.4 Å². The molecular weight excluding hydrogens is 347 g/mol. The van der Waals surface area contributed by atoms with E-state index in [-0.39, 0.29) is 17.6 Å². The molecule has 3 aromatic rings. The van der Waals surface area contributed by atoms with Gasteiger partial charge < -0.3 is 5.32 Å². The molecule has 0 bridgehead atoms. The highest BCUT2D eigenvalue weighted by Gasteiger charge is 2.39. The fourth-order valence-corrected chi connectivity index (χ4v) is 2.59. The monoisotopic (exact) mass is 363 g/mol. The van der Waals surface area contributed by atoms with E-state index >= 15 is 0 Å².